The zero-order chi connectivity index (χ0) is 9.26. The second-order valence-electron chi connectivity index (χ2n) is 2.49. The van der Waals surface area contributed by atoms with E-state index in [1.807, 2.05) is 12.1 Å². The van der Waals surface area contributed by atoms with Crippen molar-refractivity contribution in [1.82, 2.24) is 4.98 Å². The molecule has 0 radical (unpaired) electrons. The Labute approximate surface area is 103 Å². The minimum absolute atomic E-state index is 0.672. The van der Waals surface area contributed by atoms with E-state index in [1.165, 1.54) is 3.57 Å². The van der Waals surface area contributed by atoms with Crippen LogP contribution in [0, 0.1) is 7.47 Å². The molecule has 0 aliphatic carbocycles. The second-order valence-corrected chi connectivity index (χ2v) is 4.66. The molecular weight excluding hydrogens is 392 g/mol. The lowest BCUT2D eigenvalue weighted by Crippen LogP contribution is -1.77. The highest BCUT2D eigenvalue weighted by Crippen LogP contribution is 2.20. The van der Waals surface area contributed by atoms with Crippen molar-refractivity contribution in [2.24, 2.45) is 0 Å². The first kappa shape index (κ1) is 9.45. The molecule has 2 rings (SSSR count). The maximum absolute atomic E-state index is 5.12. The third-order valence-corrected chi connectivity index (χ3v) is 2.83. The highest BCUT2D eigenvalue weighted by atomic mass is 127. The quantitative estimate of drug-likeness (QED) is 0.689. The topological polar surface area (TPSA) is 26.0 Å². The summed E-state index contributed by atoms with van der Waals surface area (Å²) in [7, 11) is 0. The van der Waals surface area contributed by atoms with E-state index >= 15 is 0 Å². The van der Waals surface area contributed by atoms with Gasteiger partial charge >= 0.3 is 0 Å². The molecule has 0 N–H and O–H groups in total. The van der Waals surface area contributed by atoms with Gasteiger partial charge in [0.1, 0.15) is 12.0 Å². The predicted molar refractivity (Wildman–Crippen MR) is 67.4 cm³/mol. The molecule has 2 nitrogen and oxygen atoms in total. The SMILES string of the molecule is Ic1ccc(-c2coc(I)n2)cc1. The van der Waals surface area contributed by atoms with Crippen molar-refractivity contribution < 1.29 is 4.42 Å². The maximum Gasteiger partial charge on any atom is 0.257 e. The van der Waals surface area contributed by atoms with Crippen molar-refractivity contribution in [2.45, 2.75) is 0 Å². The summed E-state index contributed by atoms with van der Waals surface area (Å²) >= 11 is 4.33. The Morgan fingerprint density at radius 1 is 1.08 bits per heavy atom. The van der Waals surface area contributed by atoms with E-state index in [2.05, 4.69) is 62.3 Å². The monoisotopic (exact) mass is 397 g/mol. The van der Waals surface area contributed by atoms with Crippen molar-refractivity contribution in [2.75, 3.05) is 0 Å². The molecule has 1 aromatic heterocycles. The Kier molecular flexibility index (Phi) is 2.87. The molecule has 1 heterocycles. The van der Waals surface area contributed by atoms with Crippen LogP contribution in [-0.2, 0) is 0 Å². The molecule has 0 saturated heterocycles. The zero-order valence-electron chi connectivity index (χ0n) is 6.50. The number of benzene rings is 1. The summed E-state index contributed by atoms with van der Waals surface area (Å²) in [4.78, 5) is 4.23. The normalized spacial score (nSPS) is 10.3. The summed E-state index contributed by atoms with van der Waals surface area (Å²) in [5.41, 5.74) is 1.98. The highest BCUT2D eigenvalue weighted by Gasteiger charge is 2.02. The Balaban J connectivity index is 2.41. The Morgan fingerprint density at radius 2 is 1.77 bits per heavy atom. The Bertz CT molecular complexity index is 408. The van der Waals surface area contributed by atoms with Gasteiger partial charge in [0.15, 0.2) is 0 Å². The molecule has 0 unspecified atom stereocenters. The third-order valence-electron chi connectivity index (χ3n) is 1.62. The molecule has 4 heteroatoms. The van der Waals surface area contributed by atoms with Crippen molar-refractivity contribution in [3.63, 3.8) is 0 Å². The van der Waals surface area contributed by atoms with Crippen LogP contribution in [0.3, 0.4) is 0 Å². The molecular formula is C9H5I2NO. The lowest BCUT2D eigenvalue weighted by atomic mass is 10.2. The first-order valence-corrected chi connectivity index (χ1v) is 5.78. The van der Waals surface area contributed by atoms with Crippen LogP contribution >= 0.6 is 45.2 Å². The van der Waals surface area contributed by atoms with Gasteiger partial charge in [0.05, 0.1) is 0 Å². The van der Waals surface area contributed by atoms with Gasteiger partial charge in [-0.3, -0.25) is 0 Å². The van der Waals surface area contributed by atoms with Gasteiger partial charge in [0.25, 0.3) is 3.90 Å². The summed E-state index contributed by atoms with van der Waals surface area (Å²) in [6.07, 6.45) is 1.67. The van der Waals surface area contributed by atoms with Crippen LogP contribution in [0.25, 0.3) is 11.3 Å². The number of rotatable bonds is 1. The molecule has 1 aromatic carbocycles. The van der Waals surface area contributed by atoms with Crippen molar-refractivity contribution in [3.05, 3.63) is 38.0 Å². The Morgan fingerprint density at radius 3 is 2.31 bits per heavy atom. The molecule has 0 aliphatic heterocycles. The van der Waals surface area contributed by atoms with Crippen molar-refractivity contribution in [1.29, 1.82) is 0 Å². The van der Waals surface area contributed by atoms with E-state index in [0.717, 1.165) is 11.3 Å². The smallest absolute Gasteiger partial charge is 0.257 e. The first-order chi connectivity index (χ1) is 6.25. The highest BCUT2D eigenvalue weighted by molar-refractivity contribution is 14.1. The number of hydrogen-bond acceptors (Lipinski definition) is 2. The second kappa shape index (κ2) is 3.95. The third kappa shape index (κ3) is 2.22. The molecule has 0 aliphatic rings. The molecule has 13 heavy (non-hydrogen) atoms. The molecule has 0 fully saturated rings. The lowest BCUT2D eigenvalue weighted by Gasteiger charge is -1.94. The minimum Gasteiger partial charge on any atom is -0.440 e. The maximum atomic E-state index is 5.12. The van der Waals surface area contributed by atoms with Gasteiger partial charge < -0.3 is 4.42 Å². The largest absolute Gasteiger partial charge is 0.440 e. The van der Waals surface area contributed by atoms with Crippen LogP contribution in [0.5, 0.6) is 0 Å². The van der Waals surface area contributed by atoms with E-state index in [1.54, 1.807) is 6.26 Å². The van der Waals surface area contributed by atoms with Gasteiger partial charge in [-0.2, -0.15) is 0 Å². The first-order valence-electron chi connectivity index (χ1n) is 3.63. The molecule has 0 atom stereocenters. The average Bonchev–Trinajstić information content (AvgIpc) is 2.53. The standard InChI is InChI=1S/C9H5I2NO/c10-7-3-1-6(2-4-7)8-5-13-9(11)12-8/h1-5H. The number of halogens is 2. The van der Waals surface area contributed by atoms with E-state index in [4.69, 9.17) is 4.42 Å². The van der Waals surface area contributed by atoms with Gasteiger partial charge in [0, 0.05) is 31.7 Å². The average molecular weight is 397 g/mol. The van der Waals surface area contributed by atoms with Crippen LogP contribution in [0.1, 0.15) is 0 Å². The fraction of sp³-hybridized carbons (Fsp3) is 0. The lowest BCUT2D eigenvalue weighted by molar-refractivity contribution is 0.525. The predicted octanol–water partition coefficient (Wildman–Crippen LogP) is 3.55. The van der Waals surface area contributed by atoms with E-state index in [9.17, 15) is 0 Å². The molecule has 0 bridgehead atoms. The van der Waals surface area contributed by atoms with E-state index in [-0.39, 0.29) is 0 Å². The number of oxazole rings is 1. The van der Waals surface area contributed by atoms with Crippen molar-refractivity contribution >= 4 is 45.2 Å². The molecule has 0 spiro atoms. The van der Waals surface area contributed by atoms with Crippen LogP contribution < -0.4 is 0 Å². The van der Waals surface area contributed by atoms with Crippen LogP contribution in [0.4, 0.5) is 0 Å². The van der Waals surface area contributed by atoms with Crippen molar-refractivity contribution in [3.8, 4) is 11.3 Å². The molecule has 0 saturated carbocycles. The van der Waals surface area contributed by atoms with Gasteiger partial charge in [-0.1, -0.05) is 12.1 Å². The summed E-state index contributed by atoms with van der Waals surface area (Å²) in [6.45, 7) is 0. The van der Waals surface area contributed by atoms with Gasteiger partial charge in [-0.25, -0.2) is 4.98 Å². The van der Waals surface area contributed by atoms with Crippen LogP contribution in [0.15, 0.2) is 34.9 Å². The molecule has 0 amide bonds. The zero-order valence-corrected chi connectivity index (χ0v) is 10.8. The fourth-order valence-electron chi connectivity index (χ4n) is 1.01. The van der Waals surface area contributed by atoms with E-state index in [0.29, 0.717) is 3.90 Å². The molecule has 2 aromatic rings. The molecule has 66 valence electrons. The van der Waals surface area contributed by atoms with Gasteiger partial charge in [-0.05, 0) is 34.7 Å². The summed E-state index contributed by atoms with van der Waals surface area (Å²) in [5, 5.41) is 0. The Hall–Kier alpha value is -0.110. The van der Waals surface area contributed by atoms with E-state index < -0.39 is 0 Å². The number of nitrogens with zero attached hydrogens (tertiary/aromatic N) is 1. The number of aromatic nitrogens is 1. The van der Waals surface area contributed by atoms with Crippen LogP contribution in [0.2, 0.25) is 0 Å². The van der Waals surface area contributed by atoms with Gasteiger partial charge in [-0.15, -0.1) is 0 Å². The fourth-order valence-corrected chi connectivity index (χ4v) is 1.75. The summed E-state index contributed by atoms with van der Waals surface area (Å²) in [6, 6.07) is 8.18. The minimum atomic E-state index is 0.672. The summed E-state index contributed by atoms with van der Waals surface area (Å²) in [5.74, 6) is 0. The van der Waals surface area contributed by atoms with Gasteiger partial charge in [0.2, 0.25) is 0 Å². The van der Waals surface area contributed by atoms with Crippen LogP contribution in [-0.4, -0.2) is 4.98 Å². The number of hydrogen-bond donors (Lipinski definition) is 0. The summed E-state index contributed by atoms with van der Waals surface area (Å²) < 4.78 is 7.02.